The fourth-order valence-corrected chi connectivity index (χ4v) is 1.91. The molecule has 0 aliphatic heterocycles. The summed E-state index contributed by atoms with van der Waals surface area (Å²) < 4.78 is 10.5. The highest BCUT2D eigenvalue weighted by molar-refractivity contribution is 5.69. The number of nitrogens with zero attached hydrogens (tertiary/aromatic N) is 2. The van der Waals surface area contributed by atoms with Gasteiger partial charge >= 0.3 is 0 Å². The van der Waals surface area contributed by atoms with Crippen LogP contribution in [0.5, 0.6) is 11.5 Å². The molecule has 112 valence electrons. The van der Waals surface area contributed by atoms with E-state index in [1.165, 1.54) is 7.05 Å². The van der Waals surface area contributed by atoms with Crippen molar-refractivity contribution in [3.8, 4) is 11.5 Å². The Morgan fingerprint density at radius 2 is 1.80 bits per heavy atom. The molecule has 0 bridgehead atoms. The molecule has 0 aliphatic carbocycles. The van der Waals surface area contributed by atoms with Gasteiger partial charge in [0.15, 0.2) is 0 Å². The molecule has 0 aromatic heterocycles. The first kappa shape index (κ1) is 16.1. The Hall–Kier alpha value is -1.91. The number of methoxy groups -OCH3 is 2. The van der Waals surface area contributed by atoms with Crippen LogP contribution in [0, 0.1) is 0 Å². The molecule has 0 heterocycles. The predicted molar refractivity (Wildman–Crippen MR) is 78.2 cm³/mol. The molecule has 0 spiro atoms. The number of hydrogen-bond acceptors (Lipinski definition) is 4. The Balaban J connectivity index is 2.91. The number of rotatable bonds is 7. The Morgan fingerprint density at radius 3 is 2.25 bits per heavy atom. The van der Waals surface area contributed by atoms with Crippen molar-refractivity contribution < 1.29 is 14.6 Å². The van der Waals surface area contributed by atoms with Gasteiger partial charge in [0, 0.05) is 32.2 Å². The lowest BCUT2D eigenvalue weighted by molar-refractivity contribution is -0.235. The average Bonchev–Trinajstić information content (AvgIpc) is 2.49. The van der Waals surface area contributed by atoms with Crippen LogP contribution in [-0.2, 0) is 6.54 Å². The summed E-state index contributed by atoms with van der Waals surface area (Å²) in [5.74, 6) is 1.44. The number of ether oxygens (including phenoxy) is 2. The maximum absolute atomic E-state index is 11.8. The van der Waals surface area contributed by atoms with Crippen LogP contribution >= 0.6 is 0 Å². The summed E-state index contributed by atoms with van der Waals surface area (Å²) >= 11 is 0. The average molecular weight is 279 g/mol. The van der Waals surface area contributed by atoms with E-state index in [4.69, 9.17) is 9.47 Å². The van der Waals surface area contributed by atoms with E-state index in [1.807, 2.05) is 18.2 Å². The second-order valence-electron chi connectivity index (χ2n) is 4.50. The maximum atomic E-state index is 11.8. The van der Waals surface area contributed by atoms with E-state index in [9.17, 15) is 5.11 Å². The minimum atomic E-state index is -0.194. The van der Waals surface area contributed by atoms with Crippen LogP contribution in [0.15, 0.2) is 23.2 Å². The molecule has 0 amide bonds. The van der Waals surface area contributed by atoms with Crippen LogP contribution in [0.25, 0.3) is 0 Å². The van der Waals surface area contributed by atoms with Crippen molar-refractivity contribution in [1.82, 2.24) is 4.90 Å². The monoisotopic (exact) mass is 279 g/mol. The Bertz CT molecular complexity index is 424. The van der Waals surface area contributed by atoms with E-state index in [-0.39, 0.29) is 6.02 Å². The minimum absolute atomic E-state index is 0.194. The highest BCUT2D eigenvalue weighted by Crippen LogP contribution is 2.23. The summed E-state index contributed by atoms with van der Waals surface area (Å²) in [7, 11) is 4.74. The van der Waals surface area contributed by atoms with Crippen LogP contribution < -0.4 is 14.6 Å². The zero-order valence-corrected chi connectivity index (χ0v) is 12.7. The van der Waals surface area contributed by atoms with Crippen LogP contribution in [0.2, 0.25) is 0 Å². The Labute approximate surface area is 120 Å². The molecule has 20 heavy (non-hydrogen) atoms. The molecule has 0 unspecified atom stereocenters. The third-order valence-electron chi connectivity index (χ3n) is 3.03. The van der Waals surface area contributed by atoms with Crippen LogP contribution in [0.1, 0.15) is 25.3 Å². The first-order chi connectivity index (χ1) is 9.64. The number of amidine groups is 1. The lowest BCUT2D eigenvalue weighted by Crippen LogP contribution is -2.40. The van der Waals surface area contributed by atoms with Crippen molar-refractivity contribution in [1.29, 1.82) is 0 Å². The number of unbranched alkanes of at least 4 members (excludes halogenated alkanes) is 1. The zero-order chi connectivity index (χ0) is 15.0. The zero-order valence-electron chi connectivity index (χ0n) is 12.7. The lowest BCUT2D eigenvalue weighted by atomic mass is 10.2. The molecule has 0 aliphatic rings. The van der Waals surface area contributed by atoms with Gasteiger partial charge in [0.05, 0.1) is 14.2 Å². The molecule has 0 fully saturated rings. The van der Waals surface area contributed by atoms with Crippen molar-refractivity contribution in [3.05, 3.63) is 23.8 Å². The van der Waals surface area contributed by atoms with Gasteiger partial charge in [-0.25, -0.2) is 0 Å². The molecular weight excluding hydrogens is 256 g/mol. The highest BCUT2D eigenvalue weighted by atomic mass is 16.5. The number of hydrogen-bond donors (Lipinski definition) is 0. The second kappa shape index (κ2) is 8.30. The Morgan fingerprint density at radius 1 is 1.20 bits per heavy atom. The third-order valence-corrected chi connectivity index (χ3v) is 3.03. The smallest absolute Gasteiger partial charge is 0.122 e. The molecule has 0 saturated carbocycles. The van der Waals surface area contributed by atoms with Crippen molar-refractivity contribution in [2.75, 3.05) is 27.8 Å². The van der Waals surface area contributed by atoms with Crippen molar-refractivity contribution in [2.45, 2.75) is 26.3 Å². The van der Waals surface area contributed by atoms with E-state index in [0.717, 1.165) is 29.9 Å². The van der Waals surface area contributed by atoms with Crippen molar-refractivity contribution in [2.24, 2.45) is 4.99 Å². The van der Waals surface area contributed by atoms with Gasteiger partial charge in [-0.3, -0.25) is 4.99 Å². The van der Waals surface area contributed by atoms with Gasteiger partial charge in [-0.05, 0) is 24.1 Å². The summed E-state index contributed by atoms with van der Waals surface area (Å²) in [4.78, 5) is 5.48. The van der Waals surface area contributed by atoms with E-state index in [2.05, 4.69) is 11.9 Å². The number of benzene rings is 1. The quantitative estimate of drug-likeness (QED) is 0.562. The largest absolute Gasteiger partial charge is 0.846 e. The van der Waals surface area contributed by atoms with Crippen LogP contribution in [-0.4, -0.2) is 38.7 Å². The third kappa shape index (κ3) is 4.64. The summed E-state index contributed by atoms with van der Waals surface area (Å²) in [6.07, 6.45) is 2.00. The van der Waals surface area contributed by atoms with Crippen LogP contribution in [0.3, 0.4) is 0 Å². The molecule has 1 rings (SSSR count). The molecule has 1 aromatic rings. The second-order valence-corrected chi connectivity index (χ2v) is 4.50. The van der Waals surface area contributed by atoms with E-state index >= 15 is 0 Å². The van der Waals surface area contributed by atoms with Crippen LogP contribution in [0.4, 0.5) is 0 Å². The van der Waals surface area contributed by atoms with Crippen molar-refractivity contribution >= 4 is 6.02 Å². The van der Waals surface area contributed by atoms with Gasteiger partial charge in [-0.2, -0.15) is 0 Å². The number of aliphatic imine (C=N–C) groups is 1. The lowest BCUT2D eigenvalue weighted by Gasteiger charge is -2.29. The topological polar surface area (TPSA) is 57.1 Å². The summed E-state index contributed by atoms with van der Waals surface area (Å²) in [5, 5.41) is 11.8. The SMILES string of the molecule is CCCCN(Cc1cc(OC)cc(OC)c1)C([O-])=NC. The van der Waals surface area contributed by atoms with Gasteiger partial charge < -0.3 is 19.5 Å². The molecule has 1 aromatic carbocycles. The first-order valence-electron chi connectivity index (χ1n) is 6.75. The summed E-state index contributed by atoms with van der Waals surface area (Å²) in [5.41, 5.74) is 0.967. The van der Waals surface area contributed by atoms with Gasteiger partial charge in [-0.1, -0.05) is 13.3 Å². The van der Waals surface area contributed by atoms with Gasteiger partial charge in [0.2, 0.25) is 0 Å². The first-order valence-corrected chi connectivity index (χ1v) is 6.75. The van der Waals surface area contributed by atoms with Gasteiger partial charge in [0.1, 0.15) is 11.5 Å². The molecule has 5 heteroatoms. The fraction of sp³-hybridized carbons (Fsp3) is 0.533. The molecular formula is C15H23N2O3-. The van der Waals surface area contributed by atoms with Gasteiger partial charge in [0.25, 0.3) is 0 Å². The van der Waals surface area contributed by atoms with E-state index in [1.54, 1.807) is 19.1 Å². The van der Waals surface area contributed by atoms with E-state index < -0.39 is 0 Å². The minimum Gasteiger partial charge on any atom is -0.846 e. The maximum Gasteiger partial charge on any atom is 0.122 e. The molecule has 0 saturated heterocycles. The molecule has 0 N–H and O–H groups in total. The molecule has 5 nitrogen and oxygen atoms in total. The molecule has 0 radical (unpaired) electrons. The Kier molecular flexibility index (Phi) is 6.70. The van der Waals surface area contributed by atoms with E-state index in [0.29, 0.717) is 13.1 Å². The van der Waals surface area contributed by atoms with Gasteiger partial charge in [-0.15, -0.1) is 0 Å². The normalized spacial score (nSPS) is 11.3. The summed E-state index contributed by atoms with van der Waals surface area (Å²) in [6.45, 7) is 3.30. The predicted octanol–water partition coefficient (Wildman–Crippen LogP) is 1.65. The standard InChI is InChI=1S/C15H24N2O3/c1-5-6-7-17(15(18)16-2)11-12-8-13(19-3)10-14(9-12)20-4/h8-10H,5-7,11H2,1-4H3,(H,16,18)/p-1. The molecule has 0 atom stereocenters. The summed E-state index contributed by atoms with van der Waals surface area (Å²) in [6, 6.07) is 5.43. The van der Waals surface area contributed by atoms with Crippen molar-refractivity contribution in [3.63, 3.8) is 0 Å². The highest BCUT2D eigenvalue weighted by Gasteiger charge is 2.07. The fourth-order valence-electron chi connectivity index (χ4n) is 1.91.